The van der Waals surface area contributed by atoms with Gasteiger partial charge in [0, 0.05) is 18.7 Å². The van der Waals surface area contributed by atoms with Crippen LogP contribution in [0.5, 0.6) is 0 Å². The fourth-order valence-electron chi connectivity index (χ4n) is 2.75. The van der Waals surface area contributed by atoms with Crippen LogP contribution in [0.2, 0.25) is 0 Å². The zero-order valence-corrected chi connectivity index (χ0v) is 10.9. The summed E-state index contributed by atoms with van der Waals surface area (Å²) in [4.78, 5) is 26.3. The Hall–Kier alpha value is -2.04. The number of anilines is 1. The molecule has 0 unspecified atom stereocenters. The van der Waals surface area contributed by atoms with Gasteiger partial charge in [0.1, 0.15) is 0 Å². The molecule has 0 radical (unpaired) electrons. The first kappa shape index (κ1) is 12.0. The number of nitrogens with zero attached hydrogens (tertiary/aromatic N) is 1. The van der Waals surface area contributed by atoms with Crippen molar-refractivity contribution in [2.24, 2.45) is 13.0 Å². The summed E-state index contributed by atoms with van der Waals surface area (Å²) in [5, 5.41) is 2.93. The molecule has 1 aromatic carbocycles. The number of carbonyl (C=O) groups excluding carboxylic acids is 1. The van der Waals surface area contributed by atoms with Crippen molar-refractivity contribution in [2.75, 3.05) is 5.32 Å². The Morgan fingerprint density at radius 3 is 2.84 bits per heavy atom. The first-order valence-electron chi connectivity index (χ1n) is 6.65. The molecule has 1 fully saturated rings. The lowest BCUT2D eigenvalue weighted by Gasteiger charge is -2.10. The Kier molecular flexibility index (Phi) is 2.89. The molecule has 0 atom stereocenters. The third kappa shape index (κ3) is 2.16. The highest BCUT2D eigenvalue weighted by atomic mass is 16.2. The van der Waals surface area contributed by atoms with Crippen LogP contribution in [0, 0.1) is 5.92 Å². The van der Waals surface area contributed by atoms with E-state index >= 15 is 0 Å². The molecule has 1 saturated carbocycles. The number of amides is 1. The van der Waals surface area contributed by atoms with E-state index in [1.807, 2.05) is 18.2 Å². The normalized spacial score (nSPS) is 16.1. The van der Waals surface area contributed by atoms with Crippen molar-refractivity contribution in [3.8, 4) is 0 Å². The van der Waals surface area contributed by atoms with Gasteiger partial charge in [-0.15, -0.1) is 0 Å². The fourth-order valence-corrected chi connectivity index (χ4v) is 2.75. The molecule has 0 bridgehead atoms. The molecule has 2 aromatic rings. The molecule has 5 nitrogen and oxygen atoms in total. The van der Waals surface area contributed by atoms with Crippen molar-refractivity contribution in [3.63, 3.8) is 0 Å². The highest BCUT2D eigenvalue weighted by Crippen LogP contribution is 2.26. The van der Waals surface area contributed by atoms with Crippen LogP contribution in [-0.2, 0) is 11.8 Å². The van der Waals surface area contributed by atoms with E-state index < -0.39 is 0 Å². The number of carbonyl (C=O) groups is 1. The third-order valence-corrected chi connectivity index (χ3v) is 3.90. The van der Waals surface area contributed by atoms with Crippen molar-refractivity contribution in [2.45, 2.75) is 25.7 Å². The van der Waals surface area contributed by atoms with Gasteiger partial charge >= 0.3 is 5.69 Å². The SMILES string of the molecule is Cn1c(=O)[nH]c2cc(NC(=O)C3CCCC3)ccc21. The van der Waals surface area contributed by atoms with E-state index in [1.165, 1.54) is 0 Å². The minimum Gasteiger partial charge on any atom is -0.326 e. The number of rotatable bonds is 2. The molecule has 19 heavy (non-hydrogen) atoms. The summed E-state index contributed by atoms with van der Waals surface area (Å²) >= 11 is 0. The highest BCUT2D eigenvalue weighted by molar-refractivity contribution is 5.94. The van der Waals surface area contributed by atoms with Crippen LogP contribution in [0.3, 0.4) is 0 Å². The zero-order chi connectivity index (χ0) is 13.4. The number of aromatic nitrogens is 2. The van der Waals surface area contributed by atoms with Crippen LogP contribution in [0.15, 0.2) is 23.0 Å². The van der Waals surface area contributed by atoms with Crippen LogP contribution in [0.25, 0.3) is 11.0 Å². The van der Waals surface area contributed by atoms with Gasteiger partial charge in [-0.2, -0.15) is 0 Å². The van der Waals surface area contributed by atoms with Crippen molar-refractivity contribution in [1.82, 2.24) is 9.55 Å². The van der Waals surface area contributed by atoms with Crippen molar-refractivity contribution in [1.29, 1.82) is 0 Å². The van der Waals surface area contributed by atoms with E-state index in [2.05, 4.69) is 10.3 Å². The number of imidazole rings is 1. The molecule has 1 aliphatic rings. The lowest BCUT2D eigenvalue weighted by Crippen LogP contribution is -2.20. The summed E-state index contributed by atoms with van der Waals surface area (Å²) in [6, 6.07) is 5.49. The Bertz CT molecular complexity index is 678. The third-order valence-electron chi connectivity index (χ3n) is 3.90. The maximum atomic E-state index is 12.0. The molecule has 0 saturated heterocycles. The van der Waals surface area contributed by atoms with Crippen LogP contribution >= 0.6 is 0 Å². The molecule has 0 aliphatic heterocycles. The Labute approximate surface area is 110 Å². The Morgan fingerprint density at radius 1 is 1.37 bits per heavy atom. The number of H-pyrrole nitrogens is 1. The lowest BCUT2D eigenvalue weighted by molar-refractivity contribution is -0.119. The van der Waals surface area contributed by atoms with Crippen molar-refractivity contribution < 1.29 is 4.79 Å². The molecule has 1 amide bonds. The molecule has 2 N–H and O–H groups in total. The van der Waals surface area contributed by atoms with Gasteiger partial charge in [-0.1, -0.05) is 12.8 Å². The minimum atomic E-state index is -0.144. The number of fused-ring (bicyclic) bond motifs is 1. The van der Waals surface area contributed by atoms with E-state index in [0.29, 0.717) is 0 Å². The number of aryl methyl sites for hydroxylation is 1. The number of nitrogens with one attached hydrogen (secondary N) is 2. The Balaban J connectivity index is 1.85. The molecule has 1 aromatic heterocycles. The smallest absolute Gasteiger partial charge is 0.326 e. The van der Waals surface area contributed by atoms with Crippen LogP contribution in [0.1, 0.15) is 25.7 Å². The molecule has 1 aliphatic carbocycles. The molecular formula is C14H17N3O2. The average Bonchev–Trinajstić information content (AvgIpc) is 2.99. The molecule has 0 spiro atoms. The second-order valence-corrected chi connectivity index (χ2v) is 5.19. The molecule has 100 valence electrons. The standard InChI is InChI=1S/C14H17N3O2/c1-17-12-7-6-10(8-11(12)16-14(17)19)15-13(18)9-4-2-3-5-9/h6-9H,2-5H2,1H3,(H,15,18)(H,16,19). The van der Waals surface area contributed by atoms with E-state index in [4.69, 9.17) is 0 Å². The maximum absolute atomic E-state index is 12.0. The summed E-state index contributed by atoms with van der Waals surface area (Å²) in [5.41, 5.74) is 2.18. The minimum absolute atomic E-state index is 0.0927. The summed E-state index contributed by atoms with van der Waals surface area (Å²) < 4.78 is 1.55. The van der Waals surface area contributed by atoms with Gasteiger partial charge in [0.05, 0.1) is 11.0 Å². The number of aromatic amines is 1. The predicted octanol–water partition coefficient (Wildman–Crippen LogP) is 2.00. The highest BCUT2D eigenvalue weighted by Gasteiger charge is 2.22. The second kappa shape index (κ2) is 4.57. The largest absolute Gasteiger partial charge is 0.326 e. The van der Waals surface area contributed by atoms with Gasteiger partial charge < -0.3 is 10.3 Å². The summed E-state index contributed by atoms with van der Waals surface area (Å²) in [5.74, 6) is 0.237. The molecule has 5 heteroatoms. The summed E-state index contributed by atoms with van der Waals surface area (Å²) in [6.07, 6.45) is 4.25. The fraction of sp³-hybridized carbons (Fsp3) is 0.429. The molecule has 1 heterocycles. The van der Waals surface area contributed by atoms with Gasteiger partial charge in [0.15, 0.2) is 0 Å². The van der Waals surface area contributed by atoms with Gasteiger partial charge in [-0.3, -0.25) is 9.36 Å². The van der Waals surface area contributed by atoms with Crippen LogP contribution < -0.4 is 11.0 Å². The van der Waals surface area contributed by atoms with E-state index in [0.717, 1.165) is 42.4 Å². The van der Waals surface area contributed by atoms with Gasteiger partial charge in [-0.25, -0.2) is 4.79 Å². The molecular weight excluding hydrogens is 242 g/mol. The number of hydrogen-bond acceptors (Lipinski definition) is 2. The van der Waals surface area contributed by atoms with Crippen molar-refractivity contribution in [3.05, 3.63) is 28.7 Å². The number of hydrogen-bond donors (Lipinski definition) is 2. The second-order valence-electron chi connectivity index (χ2n) is 5.19. The van der Waals surface area contributed by atoms with Crippen molar-refractivity contribution >= 4 is 22.6 Å². The van der Waals surface area contributed by atoms with E-state index in [9.17, 15) is 9.59 Å². The summed E-state index contributed by atoms with van der Waals surface area (Å²) in [6.45, 7) is 0. The van der Waals surface area contributed by atoms with E-state index in [1.54, 1.807) is 11.6 Å². The Morgan fingerprint density at radius 2 is 2.11 bits per heavy atom. The summed E-state index contributed by atoms with van der Waals surface area (Å²) in [7, 11) is 1.72. The predicted molar refractivity (Wildman–Crippen MR) is 74.1 cm³/mol. The van der Waals surface area contributed by atoms with Crippen LogP contribution in [-0.4, -0.2) is 15.5 Å². The van der Waals surface area contributed by atoms with Gasteiger partial charge in [-0.05, 0) is 31.0 Å². The number of benzene rings is 1. The average molecular weight is 259 g/mol. The topological polar surface area (TPSA) is 66.9 Å². The van der Waals surface area contributed by atoms with Crippen LogP contribution in [0.4, 0.5) is 5.69 Å². The van der Waals surface area contributed by atoms with E-state index in [-0.39, 0.29) is 17.5 Å². The lowest BCUT2D eigenvalue weighted by atomic mass is 10.1. The maximum Gasteiger partial charge on any atom is 0.326 e. The first-order chi connectivity index (χ1) is 9.15. The quantitative estimate of drug-likeness (QED) is 0.866. The van der Waals surface area contributed by atoms with Gasteiger partial charge in [0.25, 0.3) is 0 Å². The zero-order valence-electron chi connectivity index (χ0n) is 10.9. The first-order valence-corrected chi connectivity index (χ1v) is 6.65. The molecule has 3 rings (SSSR count). The monoisotopic (exact) mass is 259 g/mol. The van der Waals surface area contributed by atoms with Gasteiger partial charge in [0.2, 0.25) is 5.91 Å².